The minimum atomic E-state index is -4.75. The standard InChI is InChI=1S/C19H16F3NO3/c1-11-3-8-17-16(9-11)18(24)15(12(2)23(17)25)10-13-4-6-14(7-5-13)26-19(20,21)22/h3-9,25H,10H2,1-2H3. The molecule has 1 aromatic heterocycles. The molecule has 4 nitrogen and oxygen atoms in total. The molecular weight excluding hydrogens is 347 g/mol. The zero-order valence-electron chi connectivity index (χ0n) is 14.1. The average molecular weight is 363 g/mol. The summed E-state index contributed by atoms with van der Waals surface area (Å²) in [5, 5.41) is 10.7. The van der Waals surface area contributed by atoms with Crippen molar-refractivity contribution in [2.45, 2.75) is 26.6 Å². The second kappa shape index (κ2) is 6.40. The Labute approximate surface area is 147 Å². The van der Waals surface area contributed by atoms with Crippen molar-refractivity contribution in [2.75, 3.05) is 0 Å². The highest BCUT2D eigenvalue weighted by atomic mass is 19.4. The summed E-state index contributed by atoms with van der Waals surface area (Å²) in [6.07, 6.45) is -4.57. The van der Waals surface area contributed by atoms with Gasteiger partial charge in [0.15, 0.2) is 5.43 Å². The molecule has 0 saturated carbocycles. The lowest BCUT2D eigenvalue weighted by Crippen LogP contribution is -2.18. The number of rotatable bonds is 3. The second-order valence-electron chi connectivity index (χ2n) is 6.09. The Bertz CT molecular complexity index is 1020. The molecule has 7 heteroatoms. The van der Waals surface area contributed by atoms with Crippen molar-refractivity contribution in [3.05, 3.63) is 75.1 Å². The molecule has 0 aliphatic heterocycles. The van der Waals surface area contributed by atoms with E-state index in [0.717, 1.165) is 10.3 Å². The van der Waals surface area contributed by atoms with Gasteiger partial charge in [0.1, 0.15) is 5.75 Å². The van der Waals surface area contributed by atoms with Crippen molar-refractivity contribution in [2.24, 2.45) is 0 Å². The van der Waals surface area contributed by atoms with E-state index in [4.69, 9.17) is 0 Å². The van der Waals surface area contributed by atoms with Gasteiger partial charge >= 0.3 is 6.36 Å². The molecular formula is C19H16F3NO3. The number of aryl methyl sites for hydroxylation is 1. The summed E-state index contributed by atoms with van der Waals surface area (Å²) in [5.41, 5.74) is 2.50. The van der Waals surface area contributed by atoms with E-state index >= 15 is 0 Å². The molecule has 0 unspecified atom stereocenters. The average Bonchev–Trinajstić information content (AvgIpc) is 2.57. The molecule has 0 aliphatic rings. The Hall–Kier alpha value is -2.96. The third-order valence-corrected chi connectivity index (χ3v) is 4.19. The Morgan fingerprint density at radius 1 is 1.08 bits per heavy atom. The highest BCUT2D eigenvalue weighted by Crippen LogP contribution is 2.24. The summed E-state index contributed by atoms with van der Waals surface area (Å²) >= 11 is 0. The molecule has 0 saturated heterocycles. The fourth-order valence-corrected chi connectivity index (χ4v) is 2.87. The van der Waals surface area contributed by atoms with Gasteiger partial charge in [0.05, 0.1) is 11.2 Å². The van der Waals surface area contributed by atoms with Gasteiger partial charge < -0.3 is 9.94 Å². The van der Waals surface area contributed by atoms with Crippen LogP contribution in [-0.4, -0.2) is 16.3 Å². The van der Waals surface area contributed by atoms with E-state index in [0.29, 0.717) is 27.7 Å². The number of fused-ring (bicyclic) bond motifs is 1. The fraction of sp³-hybridized carbons (Fsp3) is 0.211. The predicted octanol–water partition coefficient (Wildman–Crippen LogP) is 4.35. The number of halogens is 3. The van der Waals surface area contributed by atoms with Gasteiger partial charge in [-0.1, -0.05) is 23.8 Å². The molecule has 0 amide bonds. The summed E-state index contributed by atoms with van der Waals surface area (Å²) in [5.74, 6) is -0.327. The van der Waals surface area contributed by atoms with Gasteiger partial charge in [0.25, 0.3) is 0 Å². The number of hydrogen-bond acceptors (Lipinski definition) is 3. The van der Waals surface area contributed by atoms with Crippen molar-refractivity contribution in [3.8, 4) is 5.75 Å². The van der Waals surface area contributed by atoms with Gasteiger partial charge in [0.2, 0.25) is 0 Å². The minimum absolute atomic E-state index is 0.182. The summed E-state index contributed by atoms with van der Waals surface area (Å²) in [7, 11) is 0. The SMILES string of the molecule is Cc1ccc2c(c1)c(=O)c(Cc1ccc(OC(F)(F)F)cc1)c(C)n2O. The molecule has 0 aliphatic carbocycles. The maximum Gasteiger partial charge on any atom is 0.573 e. The fourth-order valence-electron chi connectivity index (χ4n) is 2.87. The first-order chi connectivity index (χ1) is 12.2. The molecule has 136 valence electrons. The van der Waals surface area contributed by atoms with Crippen LogP contribution >= 0.6 is 0 Å². The molecule has 0 spiro atoms. The topological polar surface area (TPSA) is 51.5 Å². The lowest BCUT2D eigenvalue weighted by atomic mass is 10.00. The van der Waals surface area contributed by atoms with E-state index in [2.05, 4.69) is 4.74 Å². The third kappa shape index (κ3) is 3.51. The molecule has 0 radical (unpaired) electrons. The van der Waals surface area contributed by atoms with E-state index < -0.39 is 6.36 Å². The maximum atomic E-state index is 12.8. The monoisotopic (exact) mass is 363 g/mol. The number of nitrogens with zero attached hydrogens (tertiary/aromatic N) is 1. The Morgan fingerprint density at radius 2 is 1.73 bits per heavy atom. The lowest BCUT2D eigenvalue weighted by molar-refractivity contribution is -0.274. The Morgan fingerprint density at radius 3 is 2.35 bits per heavy atom. The van der Waals surface area contributed by atoms with E-state index in [-0.39, 0.29) is 17.6 Å². The first-order valence-corrected chi connectivity index (χ1v) is 7.84. The van der Waals surface area contributed by atoms with Crippen LogP contribution in [0, 0.1) is 13.8 Å². The van der Waals surface area contributed by atoms with E-state index in [9.17, 15) is 23.2 Å². The normalized spacial score (nSPS) is 11.7. The number of alkyl halides is 3. The summed E-state index contributed by atoms with van der Waals surface area (Å²) in [6, 6.07) is 10.5. The van der Waals surface area contributed by atoms with Crippen LogP contribution < -0.4 is 10.2 Å². The van der Waals surface area contributed by atoms with Crippen molar-refractivity contribution in [3.63, 3.8) is 0 Å². The zero-order valence-corrected chi connectivity index (χ0v) is 14.1. The van der Waals surface area contributed by atoms with Crippen LogP contribution in [0.1, 0.15) is 22.4 Å². The summed E-state index contributed by atoms with van der Waals surface area (Å²) < 4.78 is 41.5. The Balaban J connectivity index is 2.00. The number of aromatic nitrogens is 1. The lowest BCUT2D eigenvalue weighted by Gasteiger charge is -2.14. The zero-order chi connectivity index (χ0) is 19.1. The smallest absolute Gasteiger partial charge is 0.428 e. The van der Waals surface area contributed by atoms with Gasteiger partial charge in [-0.25, -0.2) is 0 Å². The number of pyridine rings is 1. The van der Waals surface area contributed by atoms with Gasteiger partial charge in [-0.3, -0.25) is 4.79 Å². The van der Waals surface area contributed by atoms with E-state index in [1.807, 2.05) is 6.92 Å². The number of benzene rings is 2. The molecule has 2 aromatic carbocycles. The molecule has 26 heavy (non-hydrogen) atoms. The third-order valence-electron chi connectivity index (χ3n) is 4.19. The van der Waals surface area contributed by atoms with E-state index in [1.54, 1.807) is 25.1 Å². The van der Waals surface area contributed by atoms with E-state index in [1.165, 1.54) is 24.3 Å². The van der Waals surface area contributed by atoms with Crippen molar-refractivity contribution < 1.29 is 23.1 Å². The Kier molecular flexibility index (Phi) is 4.39. The van der Waals surface area contributed by atoms with Crippen molar-refractivity contribution >= 4 is 10.9 Å². The van der Waals surface area contributed by atoms with Crippen LogP contribution in [0.4, 0.5) is 13.2 Å². The number of ether oxygens (including phenoxy) is 1. The van der Waals surface area contributed by atoms with Gasteiger partial charge in [0, 0.05) is 17.4 Å². The van der Waals surface area contributed by atoms with Gasteiger partial charge in [-0.15, -0.1) is 13.2 Å². The molecule has 1 heterocycles. The van der Waals surface area contributed by atoms with Gasteiger partial charge in [-0.05, 0) is 43.7 Å². The van der Waals surface area contributed by atoms with Crippen LogP contribution in [0.5, 0.6) is 5.75 Å². The highest BCUT2D eigenvalue weighted by Gasteiger charge is 2.31. The van der Waals surface area contributed by atoms with Gasteiger partial charge in [-0.2, -0.15) is 4.73 Å². The minimum Gasteiger partial charge on any atom is -0.428 e. The first kappa shape index (κ1) is 17.8. The molecule has 3 aromatic rings. The largest absolute Gasteiger partial charge is 0.573 e. The summed E-state index contributed by atoms with van der Waals surface area (Å²) in [6.45, 7) is 3.47. The molecule has 3 rings (SSSR count). The number of hydrogen-bond donors (Lipinski definition) is 1. The maximum absolute atomic E-state index is 12.8. The molecule has 0 fully saturated rings. The second-order valence-corrected chi connectivity index (χ2v) is 6.09. The molecule has 1 N–H and O–H groups in total. The van der Waals surface area contributed by atoms with Crippen LogP contribution in [0.2, 0.25) is 0 Å². The van der Waals surface area contributed by atoms with Crippen LogP contribution in [-0.2, 0) is 6.42 Å². The predicted molar refractivity (Wildman–Crippen MR) is 90.8 cm³/mol. The first-order valence-electron chi connectivity index (χ1n) is 7.84. The summed E-state index contributed by atoms with van der Waals surface area (Å²) in [4.78, 5) is 12.8. The molecule has 0 atom stereocenters. The van der Waals surface area contributed by atoms with Crippen molar-refractivity contribution in [1.82, 2.24) is 4.73 Å². The highest BCUT2D eigenvalue weighted by molar-refractivity contribution is 5.80. The van der Waals surface area contributed by atoms with Crippen molar-refractivity contribution in [1.29, 1.82) is 0 Å². The van der Waals surface area contributed by atoms with Crippen LogP contribution in [0.3, 0.4) is 0 Å². The quantitative estimate of drug-likeness (QED) is 0.704. The molecule has 0 bridgehead atoms. The van der Waals surface area contributed by atoms with Crippen LogP contribution in [0.15, 0.2) is 47.3 Å². The van der Waals surface area contributed by atoms with Crippen LogP contribution in [0.25, 0.3) is 10.9 Å².